The third-order valence-corrected chi connectivity index (χ3v) is 5.72. The number of amides is 1. The summed E-state index contributed by atoms with van der Waals surface area (Å²) >= 11 is 9.50. The lowest BCUT2D eigenvalue weighted by Crippen LogP contribution is -2.20. The van der Waals surface area contributed by atoms with E-state index in [0.717, 1.165) is 26.7 Å². The van der Waals surface area contributed by atoms with E-state index in [1.165, 1.54) is 5.56 Å². The molecular formula is C26H26BrClN2O3. The number of ether oxygens (including phenoxy) is 2. The normalized spacial score (nSPS) is 10.9. The van der Waals surface area contributed by atoms with E-state index in [-0.39, 0.29) is 12.3 Å². The van der Waals surface area contributed by atoms with Gasteiger partial charge in [0, 0.05) is 5.02 Å². The number of hydrogen-bond donors (Lipinski definition) is 1. The van der Waals surface area contributed by atoms with Gasteiger partial charge in [-0.2, -0.15) is 5.10 Å². The Labute approximate surface area is 207 Å². The smallest absolute Gasteiger partial charge is 0.244 e. The number of nitrogens with one attached hydrogen (secondary N) is 1. The molecule has 0 atom stereocenters. The van der Waals surface area contributed by atoms with E-state index in [9.17, 15) is 4.79 Å². The minimum atomic E-state index is -0.176. The van der Waals surface area contributed by atoms with Crippen LogP contribution in [0.5, 0.6) is 11.5 Å². The molecule has 0 heterocycles. The van der Waals surface area contributed by atoms with E-state index in [1.807, 2.05) is 69.3 Å². The quantitative estimate of drug-likeness (QED) is 0.258. The number of carbonyl (C=O) groups is 1. The molecule has 0 radical (unpaired) electrons. The van der Waals surface area contributed by atoms with Crippen molar-refractivity contribution < 1.29 is 14.3 Å². The predicted octanol–water partition coefficient (Wildman–Crippen LogP) is 6.39. The molecule has 0 aliphatic carbocycles. The average molecular weight is 530 g/mol. The maximum Gasteiger partial charge on any atom is 0.244 e. The summed E-state index contributed by atoms with van der Waals surface area (Å²) in [6, 6.07) is 17.2. The van der Waals surface area contributed by atoms with E-state index in [4.69, 9.17) is 21.1 Å². The van der Waals surface area contributed by atoms with Crippen molar-refractivity contribution >= 4 is 39.7 Å². The Morgan fingerprint density at radius 3 is 2.55 bits per heavy atom. The summed E-state index contributed by atoms with van der Waals surface area (Å²) in [5.41, 5.74) is 7.59. The Hall–Kier alpha value is -2.83. The number of hydrazone groups is 1. The molecule has 0 unspecified atom stereocenters. The lowest BCUT2D eigenvalue weighted by Gasteiger charge is -2.14. The zero-order chi connectivity index (χ0) is 23.8. The highest BCUT2D eigenvalue weighted by atomic mass is 79.9. The summed E-state index contributed by atoms with van der Waals surface area (Å²) in [4.78, 5) is 12.3. The van der Waals surface area contributed by atoms with Crippen molar-refractivity contribution in [2.24, 2.45) is 5.10 Å². The lowest BCUT2D eigenvalue weighted by atomic mass is 10.0. The highest BCUT2D eigenvalue weighted by molar-refractivity contribution is 9.10. The fourth-order valence-corrected chi connectivity index (χ4v) is 3.94. The minimum Gasteiger partial charge on any atom is -0.490 e. The summed E-state index contributed by atoms with van der Waals surface area (Å²) in [6.45, 7) is 6.80. The first-order chi connectivity index (χ1) is 15.9. The molecule has 0 aromatic heterocycles. The van der Waals surface area contributed by atoms with Crippen molar-refractivity contribution in [3.63, 3.8) is 0 Å². The Balaban J connectivity index is 1.66. The summed E-state index contributed by atoms with van der Waals surface area (Å²) in [7, 11) is 0. The van der Waals surface area contributed by atoms with Crippen molar-refractivity contribution in [1.29, 1.82) is 0 Å². The van der Waals surface area contributed by atoms with Gasteiger partial charge in [-0.05, 0) is 83.2 Å². The molecule has 172 valence electrons. The summed E-state index contributed by atoms with van der Waals surface area (Å²) in [5, 5.41) is 4.78. The van der Waals surface area contributed by atoms with Crippen LogP contribution in [0.1, 0.15) is 34.7 Å². The third-order valence-electron chi connectivity index (χ3n) is 4.88. The molecule has 3 rings (SSSR count). The zero-order valence-electron chi connectivity index (χ0n) is 18.8. The largest absolute Gasteiger partial charge is 0.490 e. The minimum absolute atomic E-state index is 0.176. The van der Waals surface area contributed by atoms with Gasteiger partial charge in [0.25, 0.3) is 0 Å². The van der Waals surface area contributed by atoms with Crippen LogP contribution in [0.4, 0.5) is 0 Å². The van der Waals surface area contributed by atoms with Crippen LogP contribution < -0.4 is 14.9 Å². The number of benzene rings is 3. The first kappa shape index (κ1) is 24.8. The molecule has 0 saturated carbocycles. The molecule has 1 N–H and O–H groups in total. The van der Waals surface area contributed by atoms with Crippen LogP contribution in [-0.2, 0) is 17.8 Å². The van der Waals surface area contributed by atoms with E-state index < -0.39 is 0 Å². The number of halogens is 2. The second-order valence-electron chi connectivity index (χ2n) is 7.58. The Bertz CT molecular complexity index is 1150. The molecule has 1 amide bonds. The van der Waals surface area contributed by atoms with Gasteiger partial charge in [-0.15, -0.1) is 0 Å². The third kappa shape index (κ3) is 7.34. The molecule has 3 aromatic rings. The number of carbonyl (C=O) groups excluding carboxylic acids is 1. The maximum absolute atomic E-state index is 12.3. The van der Waals surface area contributed by atoms with Gasteiger partial charge in [-0.1, -0.05) is 47.5 Å². The first-order valence-electron chi connectivity index (χ1n) is 10.6. The first-order valence-corrected chi connectivity index (χ1v) is 11.7. The monoisotopic (exact) mass is 528 g/mol. The van der Waals surface area contributed by atoms with E-state index in [0.29, 0.717) is 29.7 Å². The van der Waals surface area contributed by atoms with Crippen molar-refractivity contribution in [2.45, 2.75) is 33.8 Å². The van der Waals surface area contributed by atoms with Crippen molar-refractivity contribution in [3.8, 4) is 11.5 Å². The van der Waals surface area contributed by atoms with Crippen LogP contribution in [-0.4, -0.2) is 18.7 Å². The van der Waals surface area contributed by atoms with Crippen LogP contribution in [0, 0.1) is 13.8 Å². The Kier molecular flexibility index (Phi) is 8.92. The number of hydrogen-bond acceptors (Lipinski definition) is 4. The molecule has 0 spiro atoms. The molecule has 3 aromatic carbocycles. The SMILES string of the molecule is CCOc1cc(/C=N\NC(=O)Cc2ccc(C)cc2C)cc(Br)c1OCc1ccc(Cl)cc1. The van der Waals surface area contributed by atoms with Crippen LogP contribution >= 0.6 is 27.5 Å². The highest BCUT2D eigenvalue weighted by Crippen LogP contribution is 2.37. The van der Waals surface area contributed by atoms with Gasteiger partial charge < -0.3 is 9.47 Å². The molecular weight excluding hydrogens is 504 g/mol. The standard InChI is InChI=1S/C26H26BrClN2O3/c1-4-32-24-13-20(12-23(27)26(24)33-16-19-6-9-22(28)10-7-19)15-29-30-25(31)14-21-8-5-17(2)11-18(21)3/h5-13,15H,4,14,16H2,1-3H3,(H,30,31)/b29-15-. The zero-order valence-corrected chi connectivity index (χ0v) is 21.2. The van der Waals surface area contributed by atoms with Crippen LogP contribution in [0.15, 0.2) is 64.2 Å². The average Bonchev–Trinajstić information content (AvgIpc) is 2.76. The fourth-order valence-electron chi connectivity index (χ4n) is 3.24. The lowest BCUT2D eigenvalue weighted by molar-refractivity contribution is -0.120. The van der Waals surface area contributed by atoms with Crippen molar-refractivity contribution in [3.05, 3.63) is 91.9 Å². The topological polar surface area (TPSA) is 59.9 Å². The van der Waals surface area contributed by atoms with Crippen LogP contribution in [0.25, 0.3) is 0 Å². The molecule has 0 aliphatic heterocycles. The Morgan fingerprint density at radius 1 is 1.09 bits per heavy atom. The van der Waals surface area contributed by atoms with Crippen molar-refractivity contribution in [1.82, 2.24) is 5.43 Å². The summed E-state index contributed by atoms with van der Waals surface area (Å²) in [5.74, 6) is 1.01. The van der Waals surface area contributed by atoms with Gasteiger partial charge in [-0.3, -0.25) is 4.79 Å². The summed E-state index contributed by atoms with van der Waals surface area (Å²) in [6.07, 6.45) is 1.85. The fraction of sp³-hybridized carbons (Fsp3) is 0.231. The van der Waals surface area contributed by atoms with E-state index in [1.54, 1.807) is 6.21 Å². The van der Waals surface area contributed by atoms with Gasteiger partial charge >= 0.3 is 0 Å². The number of rotatable bonds is 9. The predicted molar refractivity (Wildman–Crippen MR) is 136 cm³/mol. The second kappa shape index (κ2) is 11.9. The molecule has 33 heavy (non-hydrogen) atoms. The Morgan fingerprint density at radius 2 is 1.85 bits per heavy atom. The molecule has 0 saturated heterocycles. The second-order valence-corrected chi connectivity index (χ2v) is 8.87. The van der Waals surface area contributed by atoms with Gasteiger partial charge in [0.1, 0.15) is 6.61 Å². The maximum atomic E-state index is 12.3. The van der Waals surface area contributed by atoms with Crippen LogP contribution in [0.3, 0.4) is 0 Å². The molecule has 0 aliphatic rings. The summed E-state index contributed by atoms with van der Waals surface area (Å²) < 4.78 is 12.5. The van der Waals surface area contributed by atoms with Crippen molar-refractivity contribution in [2.75, 3.05) is 6.61 Å². The molecule has 0 bridgehead atoms. The molecule has 7 heteroatoms. The number of aryl methyl sites for hydroxylation is 2. The van der Waals surface area contributed by atoms with E-state index >= 15 is 0 Å². The molecule has 5 nitrogen and oxygen atoms in total. The van der Waals surface area contributed by atoms with E-state index in [2.05, 4.69) is 32.5 Å². The van der Waals surface area contributed by atoms with Gasteiger partial charge in [0.2, 0.25) is 5.91 Å². The molecule has 0 fully saturated rings. The van der Waals surface area contributed by atoms with Gasteiger partial charge in [0.05, 0.1) is 23.7 Å². The van der Waals surface area contributed by atoms with Gasteiger partial charge in [-0.25, -0.2) is 5.43 Å². The highest BCUT2D eigenvalue weighted by Gasteiger charge is 2.12. The van der Waals surface area contributed by atoms with Gasteiger partial charge in [0.15, 0.2) is 11.5 Å². The number of nitrogens with zero attached hydrogens (tertiary/aromatic N) is 1. The van der Waals surface area contributed by atoms with Crippen LogP contribution in [0.2, 0.25) is 5.02 Å².